The third-order valence-electron chi connectivity index (χ3n) is 4.34. The fourth-order valence-corrected chi connectivity index (χ4v) is 4.35. The second kappa shape index (κ2) is 9.71. The van der Waals surface area contributed by atoms with Crippen molar-refractivity contribution in [2.24, 2.45) is 0 Å². The molecule has 0 spiro atoms. The highest BCUT2D eigenvalue weighted by molar-refractivity contribution is 7.98. The van der Waals surface area contributed by atoms with Gasteiger partial charge in [-0.05, 0) is 42.7 Å². The van der Waals surface area contributed by atoms with Gasteiger partial charge in [0.15, 0.2) is 0 Å². The number of para-hydroxylation sites is 1. The molecule has 1 N–H and O–H groups in total. The number of aromatic nitrogens is 1. The van der Waals surface area contributed by atoms with Gasteiger partial charge in [0.25, 0.3) is 5.91 Å². The molecular formula is C21H23N3O2S2. The van der Waals surface area contributed by atoms with Crippen molar-refractivity contribution in [3.63, 3.8) is 0 Å². The minimum Gasteiger partial charge on any atom is -0.340 e. The fourth-order valence-electron chi connectivity index (χ4n) is 2.86. The molecule has 5 nitrogen and oxygen atoms in total. The number of rotatable bonds is 8. The van der Waals surface area contributed by atoms with Crippen LogP contribution >= 0.6 is 23.1 Å². The first-order valence-corrected chi connectivity index (χ1v) is 11.2. The summed E-state index contributed by atoms with van der Waals surface area (Å²) in [6, 6.07) is 16.4. The van der Waals surface area contributed by atoms with Crippen LogP contribution in [-0.2, 0) is 11.3 Å². The van der Waals surface area contributed by atoms with Crippen molar-refractivity contribution in [3.8, 4) is 0 Å². The lowest BCUT2D eigenvalue weighted by molar-refractivity contribution is -0.132. The number of thioether (sulfide) groups is 1. The average molecular weight is 414 g/mol. The zero-order valence-corrected chi connectivity index (χ0v) is 17.6. The molecule has 0 radical (unpaired) electrons. The second-order valence-electron chi connectivity index (χ2n) is 6.44. The number of nitrogens with one attached hydrogen (secondary N) is 1. The predicted octanol–water partition coefficient (Wildman–Crippen LogP) is 3.81. The highest BCUT2D eigenvalue weighted by atomic mass is 32.2. The van der Waals surface area contributed by atoms with E-state index in [9.17, 15) is 9.59 Å². The van der Waals surface area contributed by atoms with Crippen molar-refractivity contribution in [3.05, 3.63) is 65.2 Å². The summed E-state index contributed by atoms with van der Waals surface area (Å²) in [6.07, 6.45) is 2.58. The van der Waals surface area contributed by atoms with Crippen LogP contribution in [0.1, 0.15) is 21.8 Å². The molecule has 28 heavy (non-hydrogen) atoms. The SMILES string of the molecule is CSCC[C@@H](NC(=O)c1ccccc1)C(=O)N(C)Cc1nc2ccccc2s1. The summed E-state index contributed by atoms with van der Waals surface area (Å²) < 4.78 is 1.11. The van der Waals surface area contributed by atoms with Gasteiger partial charge >= 0.3 is 0 Å². The van der Waals surface area contributed by atoms with E-state index in [0.717, 1.165) is 21.0 Å². The van der Waals surface area contributed by atoms with Gasteiger partial charge in [-0.15, -0.1) is 11.3 Å². The molecule has 2 aromatic carbocycles. The Kier molecular flexibility index (Phi) is 7.06. The van der Waals surface area contributed by atoms with Crippen molar-refractivity contribution in [1.82, 2.24) is 15.2 Å². The largest absolute Gasteiger partial charge is 0.340 e. The molecule has 0 saturated carbocycles. The summed E-state index contributed by atoms with van der Waals surface area (Å²) in [6.45, 7) is 0.426. The molecule has 1 aromatic heterocycles. The molecule has 1 atom stereocenters. The van der Waals surface area contributed by atoms with Crippen LogP contribution in [-0.4, -0.2) is 46.8 Å². The Morgan fingerprint density at radius 2 is 1.86 bits per heavy atom. The van der Waals surface area contributed by atoms with Gasteiger partial charge in [-0.3, -0.25) is 9.59 Å². The Morgan fingerprint density at radius 3 is 2.57 bits per heavy atom. The standard InChI is InChI=1S/C21H23N3O2S2/c1-24(14-19-22-16-10-6-7-11-18(16)28-19)21(26)17(12-13-27-2)23-20(25)15-8-4-3-5-9-15/h3-11,17H,12-14H2,1-2H3,(H,23,25)/t17-/m1/s1. The molecule has 0 aliphatic rings. The van der Waals surface area contributed by atoms with Crippen LogP contribution in [0.3, 0.4) is 0 Å². The maximum Gasteiger partial charge on any atom is 0.251 e. The number of nitrogens with zero attached hydrogens (tertiary/aromatic N) is 2. The van der Waals surface area contributed by atoms with Gasteiger partial charge in [0.1, 0.15) is 11.0 Å². The second-order valence-corrected chi connectivity index (χ2v) is 8.54. The summed E-state index contributed by atoms with van der Waals surface area (Å²) in [7, 11) is 1.76. The van der Waals surface area contributed by atoms with Gasteiger partial charge in [-0.25, -0.2) is 4.98 Å². The van der Waals surface area contributed by atoms with Crippen LogP contribution in [0.15, 0.2) is 54.6 Å². The number of thiazole rings is 1. The van der Waals surface area contributed by atoms with Crippen molar-refractivity contribution in [1.29, 1.82) is 0 Å². The molecule has 0 aliphatic heterocycles. The number of carbonyl (C=O) groups excluding carboxylic acids is 2. The molecule has 0 bridgehead atoms. The number of hydrogen-bond donors (Lipinski definition) is 1. The summed E-state index contributed by atoms with van der Waals surface area (Å²) in [5.41, 5.74) is 1.50. The van der Waals surface area contributed by atoms with Crippen molar-refractivity contribution in [2.75, 3.05) is 19.1 Å². The van der Waals surface area contributed by atoms with Gasteiger partial charge < -0.3 is 10.2 Å². The van der Waals surface area contributed by atoms with E-state index in [0.29, 0.717) is 18.5 Å². The zero-order chi connectivity index (χ0) is 19.9. The van der Waals surface area contributed by atoms with E-state index < -0.39 is 6.04 Å². The summed E-state index contributed by atoms with van der Waals surface area (Å²) in [4.78, 5) is 31.8. The monoisotopic (exact) mass is 413 g/mol. The lowest BCUT2D eigenvalue weighted by atomic mass is 10.1. The first-order chi connectivity index (χ1) is 13.6. The summed E-state index contributed by atoms with van der Waals surface area (Å²) in [5.74, 6) is 0.464. The van der Waals surface area contributed by atoms with E-state index in [-0.39, 0.29) is 11.8 Å². The van der Waals surface area contributed by atoms with E-state index in [1.54, 1.807) is 47.2 Å². The highest BCUT2D eigenvalue weighted by Crippen LogP contribution is 2.22. The summed E-state index contributed by atoms with van der Waals surface area (Å²) in [5, 5.41) is 3.78. The maximum absolute atomic E-state index is 13.0. The third kappa shape index (κ3) is 5.11. The van der Waals surface area contributed by atoms with E-state index in [1.165, 1.54) is 0 Å². The van der Waals surface area contributed by atoms with Crippen molar-refractivity contribution < 1.29 is 9.59 Å². The number of carbonyl (C=O) groups is 2. The molecule has 0 fully saturated rings. The van der Waals surface area contributed by atoms with E-state index >= 15 is 0 Å². The van der Waals surface area contributed by atoms with E-state index in [2.05, 4.69) is 10.3 Å². The Morgan fingerprint density at radius 1 is 1.14 bits per heavy atom. The Hall–Kier alpha value is -2.38. The van der Waals surface area contributed by atoms with E-state index in [4.69, 9.17) is 0 Å². The molecular weight excluding hydrogens is 390 g/mol. The van der Waals surface area contributed by atoms with Crippen LogP contribution in [0.25, 0.3) is 10.2 Å². The Labute approximate surface area is 173 Å². The molecule has 3 rings (SSSR count). The van der Waals surface area contributed by atoms with Crippen LogP contribution in [0.2, 0.25) is 0 Å². The Balaban J connectivity index is 1.69. The number of hydrogen-bond acceptors (Lipinski definition) is 5. The average Bonchev–Trinajstić information content (AvgIpc) is 3.13. The van der Waals surface area contributed by atoms with Gasteiger partial charge in [0, 0.05) is 12.6 Å². The number of benzene rings is 2. The maximum atomic E-state index is 13.0. The van der Waals surface area contributed by atoms with Crippen LogP contribution in [0.5, 0.6) is 0 Å². The van der Waals surface area contributed by atoms with Gasteiger partial charge in [0.2, 0.25) is 5.91 Å². The molecule has 2 amide bonds. The van der Waals surface area contributed by atoms with E-state index in [1.807, 2.05) is 48.7 Å². The smallest absolute Gasteiger partial charge is 0.251 e. The molecule has 1 heterocycles. The highest BCUT2D eigenvalue weighted by Gasteiger charge is 2.24. The van der Waals surface area contributed by atoms with Crippen molar-refractivity contribution in [2.45, 2.75) is 19.0 Å². The normalized spacial score (nSPS) is 11.9. The van der Waals surface area contributed by atoms with Crippen molar-refractivity contribution >= 4 is 45.1 Å². The third-order valence-corrected chi connectivity index (χ3v) is 6.00. The molecule has 7 heteroatoms. The number of amides is 2. The van der Waals surface area contributed by atoms with Crippen LogP contribution < -0.4 is 5.32 Å². The van der Waals surface area contributed by atoms with Crippen LogP contribution in [0, 0.1) is 0 Å². The molecule has 3 aromatic rings. The topological polar surface area (TPSA) is 62.3 Å². The molecule has 0 saturated heterocycles. The lowest BCUT2D eigenvalue weighted by Crippen LogP contribution is -2.47. The first-order valence-electron chi connectivity index (χ1n) is 9.02. The quantitative estimate of drug-likeness (QED) is 0.610. The molecule has 0 unspecified atom stereocenters. The lowest BCUT2D eigenvalue weighted by Gasteiger charge is -2.24. The minimum atomic E-state index is -0.556. The van der Waals surface area contributed by atoms with Crippen LogP contribution in [0.4, 0.5) is 0 Å². The van der Waals surface area contributed by atoms with Gasteiger partial charge in [0.05, 0.1) is 16.8 Å². The number of fused-ring (bicyclic) bond motifs is 1. The number of likely N-dealkylation sites (N-methyl/N-ethyl adjacent to an activating group) is 1. The fraction of sp³-hybridized carbons (Fsp3) is 0.286. The summed E-state index contributed by atoms with van der Waals surface area (Å²) >= 11 is 3.24. The Bertz CT molecular complexity index is 910. The van der Waals surface area contributed by atoms with Gasteiger partial charge in [-0.1, -0.05) is 30.3 Å². The zero-order valence-electron chi connectivity index (χ0n) is 15.9. The van der Waals surface area contributed by atoms with Gasteiger partial charge in [-0.2, -0.15) is 11.8 Å². The first kappa shape index (κ1) is 20.4. The molecule has 0 aliphatic carbocycles. The molecule has 146 valence electrons. The minimum absolute atomic E-state index is 0.0995. The predicted molar refractivity (Wildman–Crippen MR) is 117 cm³/mol.